The first-order valence-corrected chi connectivity index (χ1v) is 10.6. The van der Waals surface area contributed by atoms with Crippen molar-refractivity contribution in [3.63, 3.8) is 0 Å². The number of benzene rings is 1. The summed E-state index contributed by atoms with van der Waals surface area (Å²) in [6, 6.07) is 4.83. The molecule has 0 saturated carbocycles. The van der Waals surface area contributed by atoms with E-state index < -0.39 is 10.0 Å². The summed E-state index contributed by atoms with van der Waals surface area (Å²) >= 11 is 0. The number of nitrogens with one attached hydrogen (secondary N) is 2. The summed E-state index contributed by atoms with van der Waals surface area (Å²) in [6.07, 6.45) is 3.63. The Balaban J connectivity index is 0.00000261. The summed E-state index contributed by atoms with van der Waals surface area (Å²) in [5.41, 5.74) is 0.335. The average Bonchev–Trinajstić information content (AvgIpc) is 3.18. The number of halogens is 1. The summed E-state index contributed by atoms with van der Waals surface area (Å²) in [6.45, 7) is 4.01. The molecular weight excluding hydrogens is 390 g/mol. The van der Waals surface area contributed by atoms with E-state index in [1.165, 1.54) is 17.5 Å². The number of nitrogens with zero attached hydrogens (tertiary/aromatic N) is 1. The fraction of sp³-hybridized carbons (Fsp3) is 0.611. The fourth-order valence-corrected chi connectivity index (χ4v) is 5.28. The first kappa shape index (κ1) is 21.9. The van der Waals surface area contributed by atoms with Gasteiger partial charge in [0.2, 0.25) is 10.0 Å². The average molecular weight is 418 g/mol. The van der Waals surface area contributed by atoms with Gasteiger partial charge >= 0.3 is 0 Å². The molecule has 1 aromatic rings. The van der Waals surface area contributed by atoms with Crippen LogP contribution in [0, 0.1) is 0 Å². The number of piperidine rings is 1. The topological polar surface area (TPSA) is 87.7 Å². The Bertz CT molecular complexity index is 766. The lowest BCUT2D eigenvalue weighted by Gasteiger charge is -2.30. The van der Waals surface area contributed by atoms with E-state index in [1.54, 1.807) is 12.1 Å². The number of carbonyl (C=O) groups excluding carboxylic acids is 1. The van der Waals surface area contributed by atoms with Gasteiger partial charge in [-0.3, -0.25) is 4.79 Å². The Hall–Kier alpha value is -1.35. The minimum atomic E-state index is -3.67. The number of ether oxygens (including phenoxy) is 1. The van der Waals surface area contributed by atoms with Crippen molar-refractivity contribution < 1.29 is 17.9 Å². The molecule has 9 heteroatoms. The van der Waals surface area contributed by atoms with Gasteiger partial charge in [-0.05, 0) is 57.4 Å². The molecule has 1 amide bonds. The molecule has 0 aromatic heterocycles. The maximum absolute atomic E-state index is 12.9. The molecular formula is C18H28ClN3O4S. The van der Waals surface area contributed by atoms with Gasteiger partial charge in [0, 0.05) is 30.7 Å². The van der Waals surface area contributed by atoms with Crippen molar-refractivity contribution in [3.8, 4) is 5.75 Å². The second kappa shape index (κ2) is 9.23. The lowest BCUT2D eigenvalue weighted by atomic mass is 9.99. The number of carbonyl (C=O) groups is 1. The molecule has 7 nitrogen and oxygen atoms in total. The van der Waals surface area contributed by atoms with Crippen molar-refractivity contribution in [2.75, 3.05) is 26.7 Å². The quantitative estimate of drug-likeness (QED) is 0.762. The molecule has 2 fully saturated rings. The van der Waals surface area contributed by atoms with Crippen molar-refractivity contribution in [1.29, 1.82) is 0 Å². The number of hydrogen-bond donors (Lipinski definition) is 2. The first-order chi connectivity index (χ1) is 12.4. The van der Waals surface area contributed by atoms with E-state index in [-0.39, 0.29) is 41.0 Å². The van der Waals surface area contributed by atoms with Crippen molar-refractivity contribution in [2.24, 2.45) is 0 Å². The number of sulfonamides is 1. The van der Waals surface area contributed by atoms with Crippen molar-refractivity contribution in [1.82, 2.24) is 14.9 Å². The Morgan fingerprint density at radius 1 is 1.26 bits per heavy atom. The highest BCUT2D eigenvalue weighted by molar-refractivity contribution is 7.89. The number of rotatable bonds is 5. The zero-order valence-electron chi connectivity index (χ0n) is 15.7. The molecule has 2 N–H and O–H groups in total. The smallest absolute Gasteiger partial charge is 0.251 e. The fourth-order valence-electron chi connectivity index (χ4n) is 3.58. The van der Waals surface area contributed by atoms with Crippen molar-refractivity contribution in [2.45, 2.75) is 49.6 Å². The molecule has 2 heterocycles. The lowest BCUT2D eigenvalue weighted by Crippen LogP contribution is -2.51. The second-order valence-corrected chi connectivity index (χ2v) is 8.85. The molecule has 0 spiro atoms. The van der Waals surface area contributed by atoms with Crippen molar-refractivity contribution >= 4 is 28.3 Å². The van der Waals surface area contributed by atoms with Crippen LogP contribution in [0.2, 0.25) is 0 Å². The van der Waals surface area contributed by atoms with Crippen LogP contribution in [0.1, 0.15) is 43.0 Å². The summed E-state index contributed by atoms with van der Waals surface area (Å²) in [7, 11) is -2.23. The van der Waals surface area contributed by atoms with E-state index in [9.17, 15) is 13.2 Å². The number of amides is 1. The predicted molar refractivity (Wildman–Crippen MR) is 106 cm³/mol. The number of methoxy groups -OCH3 is 1. The van der Waals surface area contributed by atoms with Crippen LogP contribution in [-0.2, 0) is 10.0 Å². The van der Waals surface area contributed by atoms with Gasteiger partial charge in [-0.2, -0.15) is 4.31 Å². The van der Waals surface area contributed by atoms with E-state index in [0.29, 0.717) is 18.7 Å². The van der Waals surface area contributed by atoms with E-state index >= 15 is 0 Å². The first-order valence-electron chi connectivity index (χ1n) is 9.16. The number of hydrogen-bond acceptors (Lipinski definition) is 5. The summed E-state index contributed by atoms with van der Waals surface area (Å²) in [5, 5.41) is 6.36. The van der Waals surface area contributed by atoms with E-state index in [1.807, 2.05) is 6.92 Å². The minimum absolute atomic E-state index is 0. The highest BCUT2D eigenvalue weighted by atomic mass is 35.5. The van der Waals surface area contributed by atoms with Crippen LogP contribution >= 0.6 is 12.4 Å². The zero-order valence-corrected chi connectivity index (χ0v) is 17.4. The highest BCUT2D eigenvalue weighted by Gasteiger charge is 2.31. The summed E-state index contributed by atoms with van der Waals surface area (Å²) < 4.78 is 32.6. The zero-order chi connectivity index (χ0) is 18.7. The van der Waals surface area contributed by atoms with Crippen molar-refractivity contribution in [3.05, 3.63) is 23.8 Å². The molecule has 2 atom stereocenters. The van der Waals surface area contributed by atoms with Crippen LogP contribution in [0.5, 0.6) is 5.75 Å². The molecule has 2 aliphatic heterocycles. The standard InChI is InChI=1S/C18H27N3O4S.ClH/c1-13-15(6-5-9-19-13)20-18(22)14-7-8-16(25-2)17(12-14)26(23,24)21-10-3-4-11-21;/h7-8,12-13,15,19H,3-6,9-11H2,1-2H3,(H,20,22);1H. The molecule has 0 radical (unpaired) electrons. The molecule has 2 saturated heterocycles. The maximum Gasteiger partial charge on any atom is 0.251 e. The van der Waals surface area contributed by atoms with E-state index in [0.717, 1.165) is 32.2 Å². The van der Waals surface area contributed by atoms with E-state index in [4.69, 9.17) is 4.74 Å². The third kappa shape index (κ3) is 4.74. The molecule has 2 unspecified atom stereocenters. The van der Waals surface area contributed by atoms with Crippen LogP contribution in [0.25, 0.3) is 0 Å². The van der Waals surface area contributed by atoms with Crippen LogP contribution in [0.4, 0.5) is 0 Å². The van der Waals surface area contributed by atoms with Gasteiger partial charge in [-0.15, -0.1) is 12.4 Å². The Kier molecular flexibility index (Phi) is 7.50. The highest BCUT2D eigenvalue weighted by Crippen LogP contribution is 2.30. The van der Waals surface area contributed by atoms with Crippen LogP contribution in [-0.4, -0.2) is 57.5 Å². The van der Waals surface area contributed by atoms with Gasteiger partial charge in [-0.25, -0.2) is 8.42 Å². The second-order valence-electron chi connectivity index (χ2n) is 6.94. The maximum atomic E-state index is 12.9. The molecule has 152 valence electrons. The van der Waals surface area contributed by atoms with Crippen LogP contribution in [0.3, 0.4) is 0 Å². The van der Waals surface area contributed by atoms with Gasteiger partial charge < -0.3 is 15.4 Å². The van der Waals surface area contributed by atoms with Gasteiger partial charge in [0.1, 0.15) is 10.6 Å². The largest absolute Gasteiger partial charge is 0.495 e. The van der Waals surface area contributed by atoms with Gasteiger partial charge in [-0.1, -0.05) is 0 Å². The van der Waals surface area contributed by atoms with Crippen LogP contribution in [0.15, 0.2) is 23.1 Å². The predicted octanol–water partition coefficient (Wildman–Crippen LogP) is 1.77. The monoisotopic (exact) mass is 417 g/mol. The van der Waals surface area contributed by atoms with E-state index in [2.05, 4.69) is 10.6 Å². The third-order valence-corrected chi connectivity index (χ3v) is 7.11. The molecule has 2 aliphatic rings. The normalized spacial score (nSPS) is 23.5. The summed E-state index contributed by atoms with van der Waals surface area (Å²) in [5.74, 6) is 0.00669. The lowest BCUT2D eigenvalue weighted by molar-refractivity contribution is 0.0919. The van der Waals surface area contributed by atoms with Gasteiger partial charge in [0.05, 0.1) is 7.11 Å². The molecule has 0 aliphatic carbocycles. The third-order valence-electron chi connectivity index (χ3n) is 5.19. The molecule has 1 aromatic carbocycles. The SMILES string of the molecule is COc1ccc(C(=O)NC2CCCNC2C)cc1S(=O)(=O)N1CCCC1.Cl. The Morgan fingerprint density at radius 2 is 1.96 bits per heavy atom. The Morgan fingerprint density at radius 3 is 2.59 bits per heavy atom. The minimum Gasteiger partial charge on any atom is -0.495 e. The molecule has 27 heavy (non-hydrogen) atoms. The van der Waals surface area contributed by atoms with Gasteiger partial charge in [0.15, 0.2) is 0 Å². The molecule has 3 rings (SSSR count). The Labute approximate surface area is 167 Å². The summed E-state index contributed by atoms with van der Waals surface area (Å²) in [4.78, 5) is 12.7. The van der Waals surface area contributed by atoms with Gasteiger partial charge in [0.25, 0.3) is 5.91 Å². The van der Waals surface area contributed by atoms with Crippen LogP contribution < -0.4 is 15.4 Å². The molecule has 0 bridgehead atoms.